The van der Waals surface area contributed by atoms with Crippen LogP contribution in [0.25, 0.3) is 0 Å². The summed E-state index contributed by atoms with van der Waals surface area (Å²) in [5.74, 6) is -1.14. The van der Waals surface area contributed by atoms with Gasteiger partial charge in [-0.25, -0.2) is 8.78 Å². The van der Waals surface area contributed by atoms with E-state index in [9.17, 15) is 39.1 Å². The Morgan fingerprint density at radius 1 is 0.780 bits per heavy atom. The fourth-order valence-electron chi connectivity index (χ4n) is 6.10. The fourth-order valence-corrected chi connectivity index (χ4v) is 6.10. The van der Waals surface area contributed by atoms with Crippen LogP contribution in [-0.4, -0.2) is 75.2 Å². The topological polar surface area (TPSA) is 131 Å². The van der Waals surface area contributed by atoms with Gasteiger partial charge in [0.25, 0.3) is 0 Å². The van der Waals surface area contributed by atoms with Crippen LogP contribution in [0.2, 0.25) is 0 Å². The van der Waals surface area contributed by atoms with Crippen molar-refractivity contribution in [2.24, 2.45) is 0 Å². The van der Waals surface area contributed by atoms with Gasteiger partial charge in [0, 0.05) is 18.7 Å². The van der Waals surface area contributed by atoms with Crippen LogP contribution in [0.3, 0.4) is 0 Å². The second-order valence-corrected chi connectivity index (χ2v) is 10.7. The Labute approximate surface area is 236 Å². The minimum absolute atomic E-state index is 0.141. The van der Waals surface area contributed by atoms with Gasteiger partial charge in [-0.1, -0.05) is 36.4 Å². The smallest absolute Gasteiger partial charge is 0.240 e. The van der Waals surface area contributed by atoms with Crippen molar-refractivity contribution < 1.29 is 43.8 Å². The number of rotatable bonds is 9. The van der Waals surface area contributed by atoms with Crippen LogP contribution < -0.4 is 4.90 Å². The van der Waals surface area contributed by atoms with Gasteiger partial charge in [0.05, 0.1) is 24.2 Å². The highest BCUT2D eigenvalue weighted by atomic mass is 19.1. The Bertz CT molecular complexity index is 1340. The molecule has 10 heteroatoms. The minimum Gasteiger partial charge on any atom is -0.396 e. The first-order valence-electron chi connectivity index (χ1n) is 13.6. The first-order chi connectivity index (χ1) is 19.7. The monoisotopic (exact) mass is 569 g/mol. The third kappa shape index (κ3) is 5.27. The Morgan fingerprint density at radius 2 is 1.37 bits per heavy atom. The first kappa shape index (κ1) is 29.2. The molecule has 2 aliphatic heterocycles. The molecule has 1 unspecified atom stereocenters. The van der Waals surface area contributed by atoms with E-state index in [1.807, 2.05) is 12.1 Å². The summed E-state index contributed by atoms with van der Waals surface area (Å²) in [5.41, 5.74) is 1.47. The zero-order valence-corrected chi connectivity index (χ0v) is 22.2. The molecule has 0 radical (unpaired) electrons. The largest absolute Gasteiger partial charge is 0.396 e. The number of aliphatic hydroxyl groups excluding tert-OH is 5. The van der Waals surface area contributed by atoms with Crippen molar-refractivity contribution in [2.75, 3.05) is 18.1 Å². The summed E-state index contributed by atoms with van der Waals surface area (Å²) in [6.45, 7) is -0.661. The molecule has 2 saturated heterocycles. The highest BCUT2D eigenvalue weighted by Gasteiger charge is 2.62. The third-order valence-electron chi connectivity index (χ3n) is 8.24. The van der Waals surface area contributed by atoms with E-state index in [-0.39, 0.29) is 18.9 Å². The van der Waals surface area contributed by atoms with Crippen molar-refractivity contribution in [3.63, 3.8) is 0 Å². The molecular weight excluding hydrogens is 536 g/mol. The molecule has 218 valence electrons. The molecule has 2 heterocycles. The lowest BCUT2D eigenvalue weighted by Crippen LogP contribution is -2.66. The second kappa shape index (κ2) is 11.9. The molecule has 5 rings (SSSR count). The van der Waals surface area contributed by atoms with Gasteiger partial charge in [-0.05, 0) is 65.9 Å². The Balaban J connectivity index is 1.50. The molecule has 8 nitrogen and oxygen atoms in total. The summed E-state index contributed by atoms with van der Waals surface area (Å²) in [6.07, 6.45) is -5.37. The van der Waals surface area contributed by atoms with E-state index in [1.54, 1.807) is 29.2 Å². The molecule has 7 atom stereocenters. The SMILES string of the molecule is O=C1N(c2ccc(F)cc2)C(c2ccc(C[C@@H]3O[C@H](CO)[C@@H](O)[C@H](O)[C@H]3O)cc2)[C@]1(CCCO)c1ccc(F)cc1. The van der Waals surface area contributed by atoms with E-state index >= 15 is 0 Å². The van der Waals surface area contributed by atoms with Crippen LogP contribution in [0.15, 0.2) is 72.8 Å². The van der Waals surface area contributed by atoms with Crippen LogP contribution in [0.4, 0.5) is 14.5 Å². The number of halogens is 2. The summed E-state index contributed by atoms with van der Waals surface area (Å²) in [4.78, 5) is 15.6. The highest BCUT2D eigenvalue weighted by Crippen LogP contribution is 2.56. The van der Waals surface area contributed by atoms with Crippen LogP contribution in [0.1, 0.15) is 35.6 Å². The zero-order chi connectivity index (χ0) is 29.3. The molecule has 0 aliphatic carbocycles. The third-order valence-corrected chi connectivity index (χ3v) is 8.24. The summed E-state index contributed by atoms with van der Waals surface area (Å²) < 4.78 is 33.2. The number of anilines is 1. The number of hydrogen-bond donors (Lipinski definition) is 5. The van der Waals surface area contributed by atoms with Gasteiger partial charge in [0.15, 0.2) is 0 Å². The number of nitrogens with zero attached hydrogens (tertiary/aromatic N) is 1. The van der Waals surface area contributed by atoms with Crippen molar-refractivity contribution >= 4 is 11.6 Å². The predicted octanol–water partition coefficient (Wildman–Crippen LogP) is 2.15. The van der Waals surface area contributed by atoms with Crippen LogP contribution in [0.5, 0.6) is 0 Å². The van der Waals surface area contributed by atoms with Crippen molar-refractivity contribution in [3.8, 4) is 0 Å². The van der Waals surface area contributed by atoms with E-state index in [1.165, 1.54) is 36.4 Å². The van der Waals surface area contributed by atoms with Crippen molar-refractivity contribution in [3.05, 3.63) is 101 Å². The van der Waals surface area contributed by atoms with Crippen molar-refractivity contribution in [1.82, 2.24) is 0 Å². The maximum Gasteiger partial charge on any atom is 0.240 e. The standard InChI is InChI=1S/C31H33F2NO7/c32-21-8-6-20(7-9-21)31(14-1-15-35)29(34(30(31)40)23-12-10-22(33)11-13-23)19-4-2-18(3-5-19)16-24-26(37)28(39)27(38)25(17-36)41-24/h2-13,24-29,35-39H,1,14-17H2/t24-,25+,26-,27+,28+,29?,31-/m0/s1. The molecule has 0 aromatic heterocycles. The summed E-state index contributed by atoms with van der Waals surface area (Å²) in [6, 6.07) is 18.0. The number of ether oxygens (including phenoxy) is 1. The first-order valence-corrected chi connectivity index (χ1v) is 13.6. The lowest BCUT2D eigenvalue weighted by atomic mass is 9.61. The fraction of sp³-hybridized carbons (Fsp3) is 0.387. The van der Waals surface area contributed by atoms with Gasteiger partial charge >= 0.3 is 0 Å². The lowest BCUT2D eigenvalue weighted by Gasteiger charge is -2.57. The van der Waals surface area contributed by atoms with Crippen LogP contribution in [-0.2, 0) is 21.4 Å². The molecule has 1 amide bonds. The van der Waals surface area contributed by atoms with Gasteiger partial charge in [-0.15, -0.1) is 0 Å². The van der Waals surface area contributed by atoms with E-state index in [0.29, 0.717) is 24.1 Å². The second-order valence-electron chi connectivity index (χ2n) is 10.7. The molecule has 2 fully saturated rings. The maximum atomic E-state index is 14.0. The molecular formula is C31H33F2NO7. The summed E-state index contributed by atoms with van der Waals surface area (Å²) in [5, 5.41) is 49.8. The number of hydrogen-bond acceptors (Lipinski definition) is 7. The Morgan fingerprint density at radius 3 is 1.95 bits per heavy atom. The summed E-state index contributed by atoms with van der Waals surface area (Å²) in [7, 11) is 0. The van der Waals surface area contributed by atoms with Gasteiger partial charge in [-0.3, -0.25) is 4.79 Å². The average molecular weight is 570 g/mol. The molecule has 3 aromatic carbocycles. The normalized spacial score (nSPS) is 29.8. The van der Waals surface area contributed by atoms with Gasteiger partial charge < -0.3 is 35.2 Å². The number of benzene rings is 3. The Kier molecular flexibility index (Phi) is 8.51. The number of carbonyl (C=O) groups is 1. The van der Waals surface area contributed by atoms with Gasteiger partial charge in [0.1, 0.15) is 36.1 Å². The average Bonchev–Trinajstić information content (AvgIpc) is 2.98. The zero-order valence-electron chi connectivity index (χ0n) is 22.2. The molecule has 5 N–H and O–H groups in total. The van der Waals surface area contributed by atoms with Crippen molar-refractivity contribution in [2.45, 2.75) is 61.2 Å². The van der Waals surface area contributed by atoms with E-state index in [4.69, 9.17) is 4.74 Å². The molecule has 0 saturated carbocycles. The van der Waals surface area contributed by atoms with E-state index < -0.39 is 60.2 Å². The van der Waals surface area contributed by atoms with Crippen molar-refractivity contribution in [1.29, 1.82) is 0 Å². The molecule has 2 aliphatic rings. The molecule has 0 bridgehead atoms. The molecule has 0 spiro atoms. The predicted molar refractivity (Wildman–Crippen MR) is 145 cm³/mol. The highest BCUT2D eigenvalue weighted by molar-refractivity contribution is 6.10. The molecule has 3 aromatic rings. The quantitative estimate of drug-likeness (QED) is 0.250. The lowest BCUT2D eigenvalue weighted by molar-refractivity contribution is -0.228. The van der Waals surface area contributed by atoms with Gasteiger partial charge in [0.2, 0.25) is 5.91 Å². The minimum atomic E-state index is -1.47. The Hall–Kier alpha value is -3.25. The number of aliphatic hydroxyl groups is 5. The molecule has 41 heavy (non-hydrogen) atoms. The van der Waals surface area contributed by atoms with Crippen LogP contribution in [0, 0.1) is 11.6 Å². The van der Waals surface area contributed by atoms with E-state index in [2.05, 4.69) is 0 Å². The number of amides is 1. The maximum absolute atomic E-state index is 14.0. The summed E-state index contributed by atoms with van der Waals surface area (Å²) >= 11 is 0. The number of β-lactam (4-membered cyclic amide) rings is 1. The number of carbonyl (C=O) groups excluding carboxylic acids is 1. The van der Waals surface area contributed by atoms with Gasteiger partial charge in [-0.2, -0.15) is 0 Å². The van der Waals surface area contributed by atoms with E-state index in [0.717, 1.165) is 11.1 Å². The van der Waals surface area contributed by atoms with Crippen LogP contribution >= 0.6 is 0 Å².